The lowest BCUT2D eigenvalue weighted by atomic mass is 10.1. The van der Waals surface area contributed by atoms with Gasteiger partial charge in [-0.1, -0.05) is 42.5 Å². The molecular formula is C23H24N2O. The van der Waals surface area contributed by atoms with E-state index in [0.29, 0.717) is 0 Å². The summed E-state index contributed by atoms with van der Waals surface area (Å²) in [5.41, 5.74) is 4.73. The highest BCUT2D eigenvalue weighted by Gasteiger charge is 2.23. The lowest BCUT2D eigenvalue weighted by molar-refractivity contribution is 0.0747. The van der Waals surface area contributed by atoms with Gasteiger partial charge in [0.2, 0.25) is 0 Å². The number of fused-ring (bicyclic) bond motifs is 1. The van der Waals surface area contributed by atoms with E-state index in [1.807, 2.05) is 35.2 Å². The molecule has 1 heterocycles. The monoisotopic (exact) mass is 344 g/mol. The smallest absolute Gasteiger partial charge is 0.253 e. The van der Waals surface area contributed by atoms with Gasteiger partial charge < -0.3 is 9.80 Å². The molecule has 1 amide bonds. The van der Waals surface area contributed by atoms with E-state index in [2.05, 4.69) is 49.1 Å². The second-order valence-corrected chi connectivity index (χ2v) is 7.06. The normalized spacial score (nSPS) is 14.7. The molecule has 26 heavy (non-hydrogen) atoms. The molecule has 0 aliphatic carbocycles. The summed E-state index contributed by atoms with van der Waals surface area (Å²) >= 11 is 0. The zero-order chi connectivity index (χ0) is 18.1. The van der Waals surface area contributed by atoms with E-state index in [1.54, 1.807) is 0 Å². The first-order chi connectivity index (χ1) is 12.6. The Morgan fingerprint density at radius 2 is 1.54 bits per heavy atom. The molecule has 0 saturated carbocycles. The van der Waals surface area contributed by atoms with Gasteiger partial charge in [0.15, 0.2) is 0 Å². The molecular weight excluding hydrogens is 320 g/mol. The quantitative estimate of drug-likeness (QED) is 0.687. The van der Waals surface area contributed by atoms with Crippen molar-refractivity contribution in [2.75, 3.05) is 31.1 Å². The summed E-state index contributed by atoms with van der Waals surface area (Å²) < 4.78 is 0. The molecule has 4 rings (SSSR count). The summed E-state index contributed by atoms with van der Waals surface area (Å²) in [6, 6.07) is 20.6. The van der Waals surface area contributed by atoms with Crippen molar-refractivity contribution in [3.05, 3.63) is 77.4 Å². The third kappa shape index (κ3) is 3.05. The Hall–Kier alpha value is -2.81. The predicted molar refractivity (Wildman–Crippen MR) is 108 cm³/mol. The van der Waals surface area contributed by atoms with E-state index in [4.69, 9.17) is 0 Å². The van der Waals surface area contributed by atoms with Crippen molar-refractivity contribution in [2.24, 2.45) is 0 Å². The largest absolute Gasteiger partial charge is 0.368 e. The maximum atomic E-state index is 12.9. The second-order valence-electron chi connectivity index (χ2n) is 7.06. The second kappa shape index (κ2) is 6.83. The number of piperazine rings is 1. The Bertz CT molecular complexity index is 955. The van der Waals surface area contributed by atoms with Crippen LogP contribution in [0.2, 0.25) is 0 Å². The van der Waals surface area contributed by atoms with Crippen LogP contribution in [0.1, 0.15) is 21.5 Å². The molecule has 3 aromatic carbocycles. The van der Waals surface area contributed by atoms with Crippen molar-refractivity contribution in [3.8, 4) is 0 Å². The topological polar surface area (TPSA) is 23.6 Å². The zero-order valence-corrected chi connectivity index (χ0v) is 15.4. The molecule has 0 radical (unpaired) electrons. The predicted octanol–water partition coefficient (Wildman–Crippen LogP) is 4.42. The lowest BCUT2D eigenvalue weighted by Crippen LogP contribution is -2.49. The average Bonchev–Trinajstić information content (AvgIpc) is 2.69. The molecule has 0 bridgehead atoms. The number of amides is 1. The maximum Gasteiger partial charge on any atom is 0.253 e. The first-order valence-corrected chi connectivity index (χ1v) is 9.23. The highest BCUT2D eigenvalue weighted by molar-refractivity contribution is 5.98. The minimum Gasteiger partial charge on any atom is -0.368 e. The first kappa shape index (κ1) is 16.6. The molecule has 0 spiro atoms. The molecule has 0 unspecified atom stereocenters. The summed E-state index contributed by atoms with van der Waals surface area (Å²) in [4.78, 5) is 17.3. The molecule has 1 fully saturated rings. The van der Waals surface area contributed by atoms with Crippen LogP contribution in [0.4, 0.5) is 5.69 Å². The van der Waals surface area contributed by atoms with Gasteiger partial charge in [-0.25, -0.2) is 0 Å². The molecule has 1 aliphatic heterocycles. The van der Waals surface area contributed by atoms with Gasteiger partial charge in [-0.15, -0.1) is 0 Å². The van der Waals surface area contributed by atoms with Crippen LogP contribution in [-0.4, -0.2) is 37.0 Å². The number of anilines is 1. The number of benzene rings is 3. The van der Waals surface area contributed by atoms with Crippen molar-refractivity contribution in [1.82, 2.24) is 4.90 Å². The molecule has 0 atom stereocenters. The van der Waals surface area contributed by atoms with Crippen LogP contribution in [0.25, 0.3) is 10.8 Å². The number of hydrogen-bond acceptors (Lipinski definition) is 2. The van der Waals surface area contributed by atoms with Crippen LogP contribution in [0.5, 0.6) is 0 Å². The minimum absolute atomic E-state index is 0.136. The summed E-state index contributed by atoms with van der Waals surface area (Å²) in [5.74, 6) is 0.136. The molecule has 3 nitrogen and oxygen atoms in total. The highest BCUT2D eigenvalue weighted by atomic mass is 16.2. The third-order valence-electron chi connectivity index (χ3n) is 5.48. The molecule has 0 N–H and O–H groups in total. The fraction of sp³-hybridized carbons (Fsp3) is 0.261. The SMILES string of the molecule is Cc1cccc(N2CCN(C(=O)c3ccc4ccccc4c3)CC2)c1C. The van der Waals surface area contributed by atoms with Gasteiger partial charge in [0.05, 0.1) is 0 Å². The first-order valence-electron chi connectivity index (χ1n) is 9.23. The Balaban J connectivity index is 1.48. The Labute approximate surface area is 154 Å². The van der Waals surface area contributed by atoms with Gasteiger partial charge in [-0.2, -0.15) is 0 Å². The number of carbonyl (C=O) groups excluding carboxylic acids is 1. The van der Waals surface area contributed by atoms with E-state index in [9.17, 15) is 4.79 Å². The van der Waals surface area contributed by atoms with E-state index in [-0.39, 0.29) is 5.91 Å². The Kier molecular flexibility index (Phi) is 4.37. The fourth-order valence-electron chi connectivity index (χ4n) is 3.73. The van der Waals surface area contributed by atoms with Crippen LogP contribution in [0.15, 0.2) is 60.7 Å². The Morgan fingerprint density at radius 1 is 0.808 bits per heavy atom. The van der Waals surface area contributed by atoms with Crippen LogP contribution >= 0.6 is 0 Å². The van der Waals surface area contributed by atoms with Crippen molar-refractivity contribution in [1.29, 1.82) is 0 Å². The maximum absolute atomic E-state index is 12.9. The van der Waals surface area contributed by atoms with Gasteiger partial charge >= 0.3 is 0 Å². The fourth-order valence-corrected chi connectivity index (χ4v) is 3.73. The molecule has 1 saturated heterocycles. The number of carbonyl (C=O) groups is 1. The van der Waals surface area contributed by atoms with Crippen LogP contribution < -0.4 is 4.90 Å². The van der Waals surface area contributed by atoms with Gasteiger partial charge in [0.1, 0.15) is 0 Å². The van der Waals surface area contributed by atoms with Crippen LogP contribution in [0, 0.1) is 13.8 Å². The number of aryl methyl sites for hydroxylation is 1. The molecule has 0 aromatic heterocycles. The summed E-state index contributed by atoms with van der Waals surface area (Å²) in [6.07, 6.45) is 0. The summed E-state index contributed by atoms with van der Waals surface area (Å²) in [6.45, 7) is 7.61. The van der Waals surface area contributed by atoms with Gasteiger partial charge in [-0.3, -0.25) is 4.79 Å². The highest BCUT2D eigenvalue weighted by Crippen LogP contribution is 2.24. The van der Waals surface area contributed by atoms with Crippen LogP contribution in [0.3, 0.4) is 0 Å². The van der Waals surface area contributed by atoms with E-state index in [1.165, 1.54) is 22.2 Å². The Morgan fingerprint density at radius 3 is 2.31 bits per heavy atom. The number of nitrogens with zero attached hydrogens (tertiary/aromatic N) is 2. The zero-order valence-electron chi connectivity index (χ0n) is 15.4. The van der Waals surface area contributed by atoms with Crippen molar-refractivity contribution in [3.63, 3.8) is 0 Å². The van der Waals surface area contributed by atoms with E-state index in [0.717, 1.165) is 37.1 Å². The molecule has 1 aliphatic rings. The standard InChI is InChI=1S/C23H24N2O/c1-17-6-5-9-22(18(17)2)24-12-14-25(15-13-24)23(26)21-11-10-19-7-3-4-8-20(19)16-21/h3-11,16H,12-15H2,1-2H3. The van der Waals surface area contributed by atoms with E-state index < -0.39 is 0 Å². The minimum atomic E-state index is 0.136. The van der Waals surface area contributed by atoms with Gasteiger partial charge in [0.25, 0.3) is 5.91 Å². The van der Waals surface area contributed by atoms with Crippen molar-refractivity contribution in [2.45, 2.75) is 13.8 Å². The van der Waals surface area contributed by atoms with Crippen molar-refractivity contribution >= 4 is 22.4 Å². The van der Waals surface area contributed by atoms with Crippen molar-refractivity contribution < 1.29 is 4.79 Å². The average molecular weight is 344 g/mol. The van der Waals surface area contributed by atoms with Gasteiger partial charge in [-0.05, 0) is 53.9 Å². The molecule has 3 heteroatoms. The summed E-state index contributed by atoms with van der Waals surface area (Å²) in [7, 11) is 0. The van der Waals surface area contributed by atoms with Gasteiger partial charge in [0, 0.05) is 37.4 Å². The van der Waals surface area contributed by atoms with E-state index >= 15 is 0 Å². The number of hydrogen-bond donors (Lipinski definition) is 0. The summed E-state index contributed by atoms with van der Waals surface area (Å²) in [5, 5.41) is 2.29. The van der Waals surface area contributed by atoms with Crippen LogP contribution in [-0.2, 0) is 0 Å². The number of rotatable bonds is 2. The third-order valence-corrected chi connectivity index (χ3v) is 5.48. The molecule has 132 valence electrons. The molecule has 3 aromatic rings. The lowest BCUT2D eigenvalue weighted by Gasteiger charge is -2.37.